The number of nitrogens with zero attached hydrogens (tertiary/aromatic N) is 2. The van der Waals surface area contributed by atoms with Gasteiger partial charge >= 0.3 is 6.03 Å². The average molecular weight is 331 g/mol. The SMILES string of the molecule is CCCN1C(=O)N=C(N)C1c1ccc(Br)cc1Cl. The van der Waals surface area contributed by atoms with E-state index in [0.29, 0.717) is 17.4 Å². The Bertz CT molecular complexity index is 518. The Morgan fingerprint density at radius 1 is 1.56 bits per heavy atom. The van der Waals surface area contributed by atoms with Crippen molar-refractivity contribution < 1.29 is 4.79 Å². The minimum Gasteiger partial charge on any atom is -0.385 e. The molecule has 1 aliphatic heterocycles. The van der Waals surface area contributed by atoms with E-state index in [1.165, 1.54) is 0 Å². The number of amidine groups is 1. The third kappa shape index (κ3) is 2.37. The molecule has 6 heteroatoms. The van der Waals surface area contributed by atoms with Crippen molar-refractivity contribution in [3.8, 4) is 0 Å². The number of carbonyl (C=O) groups is 1. The molecule has 1 heterocycles. The summed E-state index contributed by atoms with van der Waals surface area (Å²) in [4.78, 5) is 17.2. The van der Waals surface area contributed by atoms with Gasteiger partial charge in [-0.15, -0.1) is 0 Å². The molecule has 0 saturated heterocycles. The van der Waals surface area contributed by atoms with Crippen LogP contribution in [0.5, 0.6) is 0 Å². The molecule has 0 aliphatic carbocycles. The van der Waals surface area contributed by atoms with Gasteiger partial charge in [0.25, 0.3) is 0 Å². The van der Waals surface area contributed by atoms with Crippen LogP contribution in [0.15, 0.2) is 27.7 Å². The van der Waals surface area contributed by atoms with E-state index < -0.39 is 0 Å². The van der Waals surface area contributed by atoms with Gasteiger partial charge in [-0.25, -0.2) is 4.79 Å². The Morgan fingerprint density at radius 3 is 2.89 bits per heavy atom. The van der Waals surface area contributed by atoms with Gasteiger partial charge in [-0.1, -0.05) is 40.5 Å². The summed E-state index contributed by atoms with van der Waals surface area (Å²) in [6.07, 6.45) is 0.846. The summed E-state index contributed by atoms with van der Waals surface area (Å²) < 4.78 is 0.887. The summed E-state index contributed by atoms with van der Waals surface area (Å²) in [5.41, 5.74) is 6.65. The maximum atomic E-state index is 11.7. The number of hydrogen-bond acceptors (Lipinski definition) is 2. The molecule has 1 aromatic rings. The summed E-state index contributed by atoms with van der Waals surface area (Å²) in [7, 11) is 0. The van der Waals surface area contributed by atoms with Gasteiger partial charge in [0.05, 0.1) is 0 Å². The number of urea groups is 1. The second-order valence-corrected chi connectivity index (χ2v) is 5.40. The Labute approximate surface area is 119 Å². The standard InChI is InChI=1S/C12H13BrClN3O/c1-2-5-17-10(11(15)16-12(17)18)8-4-3-7(13)6-9(8)14/h3-4,6,10H,2,5H2,1H3,(H2,15,16,18). The molecule has 96 valence electrons. The van der Waals surface area contributed by atoms with Gasteiger partial charge in [0.15, 0.2) is 0 Å². The molecule has 18 heavy (non-hydrogen) atoms. The second-order valence-electron chi connectivity index (χ2n) is 4.08. The van der Waals surface area contributed by atoms with Gasteiger partial charge < -0.3 is 10.6 Å². The maximum Gasteiger partial charge on any atom is 0.346 e. The summed E-state index contributed by atoms with van der Waals surface area (Å²) in [6.45, 7) is 2.61. The third-order valence-corrected chi connectivity index (χ3v) is 3.60. The molecular weight excluding hydrogens is 318 g/mol. The van der Waals surface area contributed by atoms with E-state index in [-0.39, 0.29) is 12.1 Å². The van der Waals surface area contributed by atoms with Crippen LogP contribution in [0.3, 0.4) is 0 Å². The van der Waals surface area contributed by atoms with Crippen LogP contribution in [-0.2, 0) is 0 Å². The lowest BCUT2D eigenvalue weighted by Crippen LogP contribution is -2.34. The fraction of sp³-hybridized carbons (Fsp3) is 0.333. The smallest absolute Gasteiger partial charge is 0.346 e. The molecule has 2 amide bonds. The van der Waals surface area contributed by atoms with Crippen LogP contribution in [0.1, 0.15) is 24.9 Å². The van der Waals surface area contributed by atoms with E-state index >= 15 is 0 Å². The summed E-state index contributed by atoms with van der Waals surface area (Å²) in [5, 5.41) is 0.573. The highest BCUT2D eigenvalue weighted by Gasteiger charge is 2.34. The number of aliphatic imine (C=N–C) groups is 1. The van der Waals surface area contributed by atoms with E-state index in [9.17, 15) is 4.79 Å². The molecule has 0 spiro atoms. The van der Waals surface area contributed by atoms with Crippen molar-refractivity contribution >= 4 is 39.4 Å². The minimum absolute atomic E-state index is 0.293. The van der Waals surface area contributed by atoms with E-state index in [4.69, 9.17) is 17.3 Å². The number of halogens is 2. The highest BCUT2D eigenvalue weighted by atomic mass is 79.9. The molecule has 4 nitrogen and oxygen atoms in total. The predicted molar refractivity (Wildman–Crippen MR) is 75.9 cm³/mol. The largest absolute Gasteiger partial charge is 0.385 e. The monoisotopic (exact) mass is 329 g/mol. The van der Waals surface area contributed by atoms with E-state index in [1.807, 2.05) is 19.1 Å². The van der Waals surface area contributed by atoms with Crippen molar-refractivity contribution in [2.75, 3.05) is 6.54 Å². The first-order valence-corrected chi connectivity index (χ1v) is 6.81. The zero-order valence-corrected chi connectivity index (χ0v) is 12.2. The van der Waals surface area contributed by atoms with Crippen LogP contribution in [-0.4, -0.2) is 23.3 Å². The van der Waals surface area contributed by atoms with Crippen molar-refractivity contribution in [2.45, 2.75) is 19.4 Å². The molecule has 0 saturated carbocycles. The number of hydrogen-bond donors (Lipinski definition) is 1. The van der Waals surface area contributed by atoms with E-state index in [2.05, 4.69) is 20.9 Å². The van der Waals surface area contributed by atoms with Crippen molar-refractivity contribution in [2.24, 2.45) is 10.7 Å². The molecule has 1 atom stereocenters. The normalized spacial score (nSPS) is 19.3. The van der Waals surface area contributed by atoms with Crippen molar-refractivity contribution in [3.05, 3.63) is 33.3 Å². The van der Waals surface area contributed by atoms with Gasteiger partial charge in [-0.3, -0.25) is 0 Å². The Balaban J connectivity index is 2.41. The van der Waals surface area contributed by atoms with Crippen LogP contribution in [0.2, 0.25) is 5.02 Å². The molecule has 1 aliphatic rings. The predicted octanol–water partition coefficient (Wildman–Crippen LogP) is 3.35. The molecule has 1 unspecified atom stereocenters. The number of nitrogens with two attached hydrogens (primary N) is 1. The first-order valence-electron chi connectivity index (χ1n) is 5.64. The lowest BCUT2D eigenvalue weighted by Gasteiger charge is -2.24. The van der Waals surface area contributed by atoms with Crippen molar-refractivity contribution in [3.63, 3.8) is 0 Å². The number of amides is 2. The molecule has 0 fully saturated rings. The van der Waals surface area contributed by atoms with Crippen LogP contribution in [0, 0.1) is 0 Å². The second kappa shape index (κ2) is 5.28. The molecule has 0 bridgehead atoms. The van der Waals surface area contributed by atoms with Gasteiger partial charge in [0, 0.05) is 21.6 Å². The molecule has 0 radical (unpaired) electrons. The number of rotatable bonds is 3. The Kier molecular flexibility index (Phi) is 3.92. The average Bonchev–Trinajstić information content (AvgIpc) is 2.56. The van der Waals surface area contributed by atoms with E-state index in [0.717, 1.165) is 16.5 Å². The fourth-order valence-corrected chi connectivity index (χ4v) is 2.80. The van der Waals surface area contributed by atoms with Crippen molar-refractivity contribution in [1.29, 1.82) is 0 Å². The van der Waals surface area contributed by atoms with Crippen LogP contribution in [0.4, 0.5) is 4.79 Å². The Hall–Kier alpha value is -1.07. The first kappa shape index (κ1) is 13.4. The quantitative estimate of drug-likeness (QED) is 0.924. The topological polar surface area (TPSA) is 58.7 Å². The van der Waals surface area contributed by atoms with E-state index in [1.54, 1.807) is 11.0 Å². The van der Waals surface area contributed by atoms with Gasteiger partial charge in [0.2, 0.25) is 0 Å². The van der Waals surface area contributed by atoms with Crippen LogP contribution in [0.25, 0.3) is 0 Å². The molecular formula is C12H13BrClN3O. The minimum atomic E-state index is -0.349. The fourth-order valence-electron chi connectivity index (χ4n) is 2.02. The van der Waals surface area contributed by atoms with Gasteiger partial charge in [-0.05, 0) is 18.6 Å². The van der Waals surface area contributed by atoms with Crippen molar-refractivity contribution in [1.82, 2.24) is 4.90 Å². The molecule has 0 aromatic heterocycles. The Morgan fingerprint density at radius 2 is 2.28 bits per heavy atom. The highest BCUT2D eigenvalue weighted by molar-refractivity contribution is 9.10. The maximum absolute atomic E-state index is 11.7. The molecule has 2 rings (SSSR count). The number of carbonyl (C=O) groups excluding carboxylic acids is 1. The lowest BCUT2D eigenvalue weighted by molar-refractivity contribution is 0.206. The third-order valence-electron chi connectivity index (χ3n) is 2.78. The first-order chi connectivity index (χ1) is 8.54. The zero-order valence-electron chi connectivity index (χ0n) is 9.86. The summed E-state index contributed by atoms with van der Waals surface area (Å²) in [5.74, 6) is 0.303. The van der Waals surface area contributed by atoms with Crippen LogP contribution >= 0.6 is 27.5 Å². The van der Waals surface area contributed by atoms with Gasteiger partial charge in [-0.2, -0.15) is 4.99 Å². The zero-order chi connectivity index (χ0) is 13.3. The lowest BCUT2D eigenvalue weighted by atomic mass is 10.1. The van der Waals surface area contributed by atoms with Crippen LogP contribution < -0.4 is 5.73 Å². The summed E-state index contributed by atoms with van der Waals surface area (Å²) in [6, 6.07) is 4.88. The summed E-state index contributed by atoms with van der Waals surface area (Å²) >= 11 is 9.56. The number of benzene rings is 1. The molecule has 1 aromatic carbocycles. The van der Waals surface area contributed by atoms with Gasteiger partial charge in [0.1, 0.15) is 11.9 Å². The molecule has 2 N–H and O–H groups in total. The highest BCUT2D eigenvalue weighted by Crippen LogP contribution is 2.33.